The molecule has 0 fully saturated rings. The monoisotopic (exact) mass is 243 g/mol. The van der Waals surface area contributed by atoms with Crippen LogP contribution in [0.4, 0.5) is 0 Å². The number of aryl methyl sites for hydroxylation is 1. The van der Waals surface area contributed by atoms with Crippen molar-refractivity contribution in [1.29, 1.82) is 0 Å². The normalized spacial score (nSPS) is 10.3. The molecular formula is C14H17N3O. The first kappa shape index (κ1) is 12.4. The van der Waals surface area contributed by atoms with Crippen molar-refractivity contribution in [1.82, 2.24) is 15.1 Å². The van der Waals surface area contributed by atoms with Crippen molar-refractivity contribution in [3.05, 3.63) is 53.3 Å². The molecule has 1 amide bonds. The number of nitrogens with one attached hydrogen (secondary N) is 1. The summed E-state index contributed by atoms with van der Waals surface area (Å²) >= 11 is 0. The Labute approximate surface area is 107 Å². The fourth-order valence-electron chi connectivity index (χ4n) is 1.86. The van der Waals surface area contributed by atoms with Gasteiger partial charge in [-0.15, -0.1) is 0 Å². The highest BCUT2D eigenvalue weighted by molar-refractivity contribution is 5.78. The van der Waals surface area contributed by atoms with E-state index >= 15 is 0 Å². The van der Waals surface area contributed by atoms with Gasteiger partial charge in [0, 0.05) is 25.4 Å². The lowest BCUT2D eigenvalue weighted by molar-refractivity contribution is -0.129. The Balaban J connectivity index is 1.95. The standard InChI is InChI=1S/C14H17N3O/c1-11-4-3-5-12(6-11)7-14(18)17(2)10-13-8-15-16-9-13/h3-6,8-9H,7,10H2,1-2H3,(H,15,16). The lowest BCUT2D eigenvalue weighted by Crippen LogP contribution is -2.27. The highest BCUT2D eigenvalue weighted by Crippen LogP contribution is 2.07. The average molecular weight is 243 g/mol. The first-order valence-electron chi connectivity index (χ1n) is 5.92. The molecule has 0 unspecified atom stereocenters. The maximum Gasteiger partial charge on any atom is 0.227 e. The molecular weight excluding hydrogens is 226 g/mol. The number of amides is 1. The van der Waals surface area contributed by atoms with Crippen molar-refractivity contribution in [3.63, 3.8) is 0 Å². The minimum atomic E-state index is 0.113. The number of aromatic amines is 1. The number of carbonyl (C=O) groups excluding carboxylic acids is 1. The van der Waals surface area contributed by atoms with Gasteiger partial charge in [0.15, 0.2) is 0 Å². The summed E-state index contributed by atoms with van der Waals surface area (Å²) in [5.41, 5.74) is 3.24. The van der Waals surface area contributed by atoms with E-state index < -0.39 is 0 Å². The van der Waals surface area contributed by atoms with Crippen LogP contribution in [-0.2, 0) is 17.8 Å². The van der Waals surface area contributed by atoms with E-state index in [4.69, 9.17) is 0 Å². The number of benzene rings is 1. The Hall–Kier alpha value is -2.10. The summed E-state index contributed by atoms with van der Waals surface area (Å²) in [6, 6.07) is 8.04. The summed E-state index contributed by atoms with van der Waals surface area (Å²) in [4.78, 5) is 13.8. The van der Waals surface area contributed by atoms with Crippen LogP contribution in [0.3, 0.4) is 0 Å². The second-order valence-electron chi connectivity index (χ2n) is 4.52. The van der Waals surface area contributed by atoms with Crippen molar-refractivity contribution in [2.75, 3.05) is 7.05 Å². The van der Waals surface area contributed by atoms with E-state index in [2.05, 4.69) is 10.2 Å². The molecule has 0 spiro atoms. The zero-order valence-electron chi connectivity index (χ0n) is 10.7. The average Bonchev–Trinajstić information content (AvgIpc) is 2.81. The molecule has 0 saturated carbocycles. The first-order chi connectivity index (χ1) is 8.65. The summed E-state index contributed by atoms with van der Waals surface area (Å²) in [5, 5.41) is 6.61. The van der Waals surface area contributed by atoms with E-state index in [0.29, 0.717) is 13.0 Å². The summed E-state index contributed by atoms with van der Waals surface area (Å²) in [6.45, 7) is 2.62. The Morgan fingerprint density at radius 2 is 2.22 bits per heavy atom. The predicted octanol–water partition coefficient (Wildman–Crippen LogP) is 1.92. The lowest BCUT2D eigenvalue weighted by atomic mass is 10.1. The molecule has 4 nitrogen and oxygen atoms in total. The number of H-pyrrole nitrogens is 1. The van der Waals surface area contributed by atoms with Gasteiger partial charge in [-0.2, -0.15) is 5.10 Å². The molecule has 2 rings (SSSR count). The van der Waals surface area contributed by atoms with E-state index in [9.17, 15) is 4.79 Å². The second kappa shape index (κ2) is 5.49. The molecule has 0 bridgehead atoms. The summed E-state index contributed by atoms with van der Waals surface area (Å²) < 4.78 is 0. The number of rotatable bonds is 4. The minimum Gasteiger partial charge on any atom is -0.341 e. The SMILES string of the molecule is Cc1cccc(CC(=O)N(C)Cc2cn[nH]c2)c1. The molecule has 4 heteroatoms. The topological polar surface area (TPSA) is 49.0 Å². The maximum absolute atomic E-state index is 12.0. The van der Waals surface area contributed by atoms with Gasteiger partial charge in [0.1, 0.15) is 0 Å². The van der Waals surface area contributed by atoms with Crippen molar-refractivity contribution in [3.8, 4) is 0 Å². The van der Waals surface area contributed by atoms with Crippen LogP contribution < -0.4 is 0 Å². The number of likely N-dealkylation sites (N-methyl/N-ethyl adjacent to an activating group) is 1. The van der Waals surface area contributed by atoms with Gasteiger partial charge in [-0.25, -0.2) is 0 Å². The Morgan fingerprint density at radius 1 is 1.39 bits per heavy atom. The van der Waals surface area contributed by atoms with Crippen LogP contribution in [0.15, 0.2) is 36.7 Å². The van der Waals surface area contributed by atoms with E-state index in [-0.39, 0.29) is 5.91 Å². The molecule has 1 N–H and O–H groups in total. The fraction of sp³-hybridized carbons (Fsp3) is 0.286. The smallest absolute Gasteiger partial charge is 0.227 e. The molecule has 0 radical (unpaired) electrons. The van der Waals surface area contributed by atoms with E-state index in [1.807, 2.05) is 38.2 Å². The molecule has 1 heterocycles. The third-order valence-corrected chi connectivity index (χ3v) is 2.84. The molecule has 2 aromatic rings. The number of hydrogen-bond donors (Lipinski definition) is 1. The maximum atomic E-state index is 12.0. The van der Waals surface area contributed by atoms with Crippen LogP contribution in [-0.4, -0.2) is 28.1 Å². The largest absolute Gasteiger partial charge is 0.341 e. The van der Waals surface area contributed by atoms with Gasteiger partial charge in [-0.05, 0) is 12.5 Å². The van der Waals surface area contributed by atoms with Gasteiger partial charge in [0.25, 0.3) is 0 Å². The Bertz CT molecular complexity index is 520. The third-order valence-electron chi connectivity index (χ3n) is 2.84. The van der Waals surface area contributed by atoms with E-state index in [1.165, 1.54) is 5.56 Å². The fourth-order valence-corrected chi connectivity index (χ4v) is 1.86. The number of carbonyl (C=O) groups is 1. The number of hydrogen-bond acceptors (Lipinski definition) is 2. The molecule has 18 heavy (non-hydrogen) atoms. The zero-order chi connectivity index (χ0) is 13.0. The van der Waals surface area contributed by atoms with Crippen LogP contribution in [0.5, 0.6) is 0 Å². The van der Waals surface area contributed by atoms with Gasteiger partial charge in [-0.3, -0.25) is 9.89 Å². The van der Waals surface area contributed by atoms with Gasteiger partial charge in [0.2, 0.25) is 5.91 Å². The van der Waals surface area contributed by atoms with Crippen LogP contribution in [0.1, 0.15) is 16.7 Å². The second-order valence-corrected chi connectivity index (χ2v) is 4.52. The highest BCUT2D eigenvalue weighted by Gasteiger charge is 2.10. The summed E-state index contributed by atoms with van der Waals surface area (Å²) in [6.07, 6.45) is 3.98. The quantitative estimate of drug-likeness (QED) is 0.891. The van der Waals surface area contributed by atoms with Gasteiger partial charge in [-0.1, -0.05) is 29.8 Å². The molecule has 0 aliphatic rings. The van der Waals surface area contributed by atoms with E-state index in [1.54, 1.807) is 17.3 Å². The predicted molar refractivity (Wildman–Crippen MR) is 69.9 cm³/mol. The minimum absolute atomic E-state index is 0.113. The number of aromatic nitrogens is 2. The van der Waals surface area contributed by atoms with E-state index in [0.717, 1.165) is 11.1 Å². The van der Waals surface area contributed by atoms with Crippen molar-refractivity contribution in [2.45, 2.75) is 19.9 Å². The van der Waals surface area contributed by atoms with Gasteiger partial charge in [0.05, 0.1) is 12.6 Å². The van der Waals surface area contributed by atoms with Crippen molar-refractivity contribution >= 4 is 5.91 Å². The lowest BCUT2D eigenvalue weighted by Gasteiger charge is -2.16. The van der Waals surface area contributed by atoms with Gasteiger partial charge < -0.3 is 4.90 Å². The van der Waals surface area contributed by atoms with Gasteiger partial charge >= 0.3 is 0 Å². The molecule has 0 saturated heterocycles. The Kier molecular flexibility index (Phi) is 3.77. The van der Waals surface area contributed by atoms with Crippen molar-refractivity contribution in [2.24, 2.45) is 0 Å². The summed E-state index contributed by atoms with van der Waals surface area (Å²) in [7, 11) is 1.81. The molecule has 0 atom stereocenters. The summed E-state index contributed by atoms with van der Waals surface area (Å²) in [5.74, 6) is 0.113. The zero-order valence-corrected chi connectivity index (χ0v) is 10.7. The van der Waals surface area contributed by atoms with Crippen LogP contribution >= 0.6 is 0 Å². The Morgan fingerprint density at radius 3 is 2.89 bits per heavy atom. The third kappa shape index (κ3) is 3.20. The number of nitrogens with zero attached hydrogens (tertiary/aromatic N) is 2. The first-order valence-corrected chi connectivity index (χ1v) is 5.92. The van der Waals surface area contributed by atoms with Crippen molar-refractivity contribution < 1.29 is 4.79 Å². The molecule has 94 valence electrons. The van der Waals surface area contributed by atoms with Crippen LogP contribution in [0, 0.1) is 6.92 Å². The molecule has 0 aliphatic heterocycles. The highest BCUT2D eigenvalue weighted by atomic mass is 16.2. The molecule has 1 aromatic heterocycles. The van der Waals surface area contributed by atoms with Crippen LogP contribution in [0.2, 0.25) is 0 Å². The molecule has 0 aliphatic carbocycles. The molecule has 1 aromatic carbocycles. The van der Waals surface area contributed by atoms with Crippen LogP contribution in [0.25, 0.3) is 0 Å².